The van der Waals surface area contributed by atoms with E-state index in [0.29, 0.717) is 32.2 Å². The molecule has 3 aromatic carbocycles. The Bertz CT molecular complexity index is 1430. The summed E-state index contributed by atoms with van der Waals surface area (Å²) in [6.45, 7) is 2.23. The molecule has 0 aliphatic carbocycles. The van der Waals surface area contributed by atoms with Crippen LogP contribution >= 0.6 is 0 Å². The van der Waals surface area contributed by atoms with Crippen LogP contribution in [0.4, 0.5) is 0 Å². The molecule has 2 heterocycles. The van der Waals surface area contributed by atoms with Crippen LogP contribution in [0.1, 0.15) is 86.0 Å². The van der Waals surface area contributed by atoms with Gasteiger partial charge in [-0.15, -0.1) is 0 Å². The van der Waals surface area contributed by atoms with Crippen LogP contribution in [0.3, 0.4) is 0 Å². The summed E-state index contributed by atoms with van der Waals surface area (Å²) in [5, 5.41) is 31.0. The highest BCUT2D eigenvalue weighted by molar-refractivity contribution is 5.76. The number of amides is 2. The van der Waals surface area contributed by atoms with Crippen LogP contribution in [0.25, 0.3) is 11.1 Å². The Labute approximate surface area is 276 Å². The highest BCUT2D eigenvalue weighted by atomic mass is 16.7. The number of hydroxylamine groups is 1. The highest BCUT2D eigenvalue weighted by Gasteiger charge is 2.35. The van der Waals surface area contributed by atoms with E-state index >= 15 is 0 Å². The van der Waals surface area contributed by atoms with Crippen molar-refractivity contribution < 1.29 is 34.5 Å². The molecule has 4 atom stereocenters. The molecule has 0 spiro atoms. The zero-order chi connectivity index (χ0) is 33.0. The lowest BCUT2D eigenvalue weighted by molar-refractivity contribution is -0.253. The molecule has 2 fully saturated rings. The molecule has 0 unspecified atom stereocenters. The van der Waals surface area contributed by atoms with Crippen molar-refractivity contribution in [3.63, 3.8) is 0 Å². The van der Waals surface area contributed by atoms with Crippen molar-refractivity contribution in [1.29, 1.82) is 0 Å². The largest absolute Gasteiger partial charge is 0.395 e. The molecule has 2 aliphatic rings. The standard InChI is InChI=1S/C37H47N3O7/c41-24-26-12-14-28(15-13-26)34-21-32(23-40-20-6-8-31(40)25-42)46-37(47-34)29-18-16-27(17-19-29)33-9-5-4-7-30(33)22-38-35(43)10-2-1-3-11-36(44)39-45/h4-5,7,9,12-19,31-32,34,37,41-42,45H,1-3,6,8,10-11,20-25H2,(H,38,43)(H,39,44)/t31-,32+,34-,37-/m0/s1. The third kappa shape index (κ3) is 9.70. The third-order valence-corrected chi connectivity index (χ3v) is 9.18. The first kappa shape index (κ1) is 34.7. The maximum Gasteiger partial charge on any atom is 0.243 e. The lowest BCUT2D eigenvalue weighted by Crippen LogP contribution is -2.42. The summed E-state index contributed by atoms with van der Waals surface area (Å²) < 4.78 is 13.1. The average molecular weight is 646 g/mol. The summed E-state index contributed by atoms with van der Waals surface area (Å²) in [7, 11) is 0. The lowest BCUT2D eigenvalue weighted by atomic mass is 9.97. The Hall–Kier alpha value is -3.64. The fraction of sp³-hybridized carbons (Fsp3) is 0.459. The summed E-state index contributed by atoms with van der Waals surface area (Å²) >= 11 is 0. The first-order valence-electron chi connectivity index (χ1n) is 16.7. The Balaban J connectivity index is 1.24. The fourth-order valence-corrected chi connectivity index (χ4v) is 6.50. The van der Waals surface area contributed by atoms with Gasteiger partial charge in [-0.25, -0.2) is 5.48 Å². The summed E-state index contributed by atoms with van der Waals surface area (Å²) in [6.07, 6.45) is 4.61. The Morgan fingerprint density at radius 2 is 1.57 bits per heavy atom. The highest BCUT2D eigenvalue weighted by Crippen LogP contribution is 2.39. The average Bonchev–Trinajstić information content (AvgIpc) is 3.57. The van der Waals surface area contributed by atoms with Gasteiger partial charge in [0.25, 0.3) is 0 Å². The Morgan fingerprint density at radius 1 is 0.851 bits per heavy atom. The number of benzene rings is 3. The molecular weight excluding hydrogens is 598 g/mol. The van der Waals surface area contributed by atoms with Crippen LogP contribution in [-0.2, 0) is 32.2 Å². The number of nitrogens with one attached hydrogen (secondary N) is 2. The van der Waals surface area contributed by atoms with Crippen LogP contribution in [0.5, 0.6) is 0 Å². The van der Waals surface area contributed by atoms with E-state index in [-0.39, 0.29) is 43.8 Å². The molecule has 0 aromatic heterocycles. The SMILES string of the molecule is O=C(CCCCCC(=O)NCc1ccccc1-c1ccc([C@H]2O[C@@H](CN3CCC[C@H]3CO)C[C@@H](c3ccc(CO)cc3)O2)cc1)NO. The smallest absolute Gasteiger partial charge is 0.243 e. The predicted molar refractivity (Wildman–Crippen MR) is 177 cm³/mol. The van der Waals surface area contributed by atoms with E-state index in [0.717, 1.165) is 65.7 Å². The van der Waals surface area contributed by atoms with Crippen molar-refractivity contribution in [2.45, 2.75) is 89.1 Å². The number of rotatable bonds is 15. The van der Waals surface area contributed by atoms with Crippen LogP contribution in [0.2, 0.25) is 0 Å². The van der Waals surface area contributed by atoms with Crippen molar-refractivity contribution >= 4 is 11.8 Å². The monoisotopic (exact) mass is 645 g/mol. The maximum absolute atomic E-state index is 12.5. The van der Waals surface area contributed by atoms with Gasteiger partial charge in [0, 0.05) is 44.0 Å². The molecule has 5 rings (SSSR count). The van der Waals surface area contributed by atoms with E-state index in [1.54, 1.807) is 5.48 Å². The molecule has 0 saturated carbocycles. The van der Waals surface area contributed by atoms with Gasteiger partial charge in [0.2, 0.25) is 11.8 Å². The van der Waals surface area contributed by atoms with Gasteiger partial charge >= 0.3 is 0 Å². The maximum atomic E-state index is 12.5. The first-order chi connectivity index (χ1) is 23.0. The van der Waals surface area contributed by atoms with Gasteiger partial charge < -0.3 is 25.0 Å². The van der Waals surface area contributed by atoms with Gasteiger partial charge in [-0.1, -0.05) is 79.2 Å². The fourth-order valence-electron chi connectivity index (χ4n) is 6.50. The number of ether oxygens (including phenoxy) is 2. The minimum atomic E-state index is -0.562. The summed E-state index contributed by atoms with van der Waals surface area (Å²) in [6, 6.07) is 24.2. The van der Waals surface area contributed by atoms with Crippen molar-refractivity contribution in [2.75, 3.05) is 19.7 Å². The van der Waals surface area contributed by atoms with Gasteiger partial charge in [0.15, 0.2) is 6.29 Å². The number of nitrogens with zero attached hydrogens (tertiary/aromatic N) is 1. The van der Waals surface area contributed by atoms with E-state index in [9.17, 15) is 19.8 Å². The van der Waals surface area contributed by atoms with Crippen LogP contribution in [-0.4, -0.2) is 64.0 Å². The van der Waals surface area contributed by atoms with E-state index < -0.39 is 12.2 Å². The van der Waals surface area contributed by atoms with Gasteiger partial charge in [-0.2, -0.15) is 0 Å². The van der Waals surface area contributed by atoms with E-state index in [1.807, 2.05) is 60.7 Å². The summed E-state index contributed by atoms with van der Waals surface area (Å²) in [5.41, 5.74) is 7.50. The molecule has 0 bridgehead atoms. The van der Waals surface area contributed by atoms with Crippen molar-refractivity contribution in [3.8, 4) is 11.1 Å². The molecule has 10 nitrogen and oxygen atoms in total. The minimum absolute atomic E-state index is 0.00539. The minimum Gasteiger partial charge on any atom is -0.395 e. The van der Waals surface area contributed by atoms with Gasteiger partial charge in [0.1, 0.15) is 0 Å². The molecule has 3 aromatic rings. The third-order valence-electron chi connectivity index (χ3n) is 9.18. The van der Waals surface area contributed by atoms with Crippen molar-refractivity contribution in [2.24, 2.45) is 0 Å². The topological polar surface area (TPSA) is 141 Å². The normalized spacial score (nSPS) is 21.4. The molecule has 0 radical (unpaired) electrons. The molecule has 2 saturated heterocycles. The number of aliphatic hydroxyl groups excluding tert-OH is 2. The number of carbonyl (C=O) groups is 2. The second-order valence-corrected chi connectivity index (χ2v) is 12.5. The lowest BCUT2D eigenvalue weighted by Gasteiger charge is -2.38. The van der Waals surface area contributed by atoms with Gasteiger partial charge in [-0.3, -0.25) is 19.7 Å². The Morgan fingerprint density at radius 3 is 2.30 bits per heavy atom. The molecule has 2 aliphatic heterocycles. The molecule has 5 N–H and O–H groups in total. The molecule has 252 valence electrons. The number of hydrogen-bond donors (Lipinski definition) is 5. The molecule has 47 heavy (non-hydrogen) atoms. The van der Waals surface area contributed by atoms with E-state index in [1.165, 1.54) is 0 Å². The number of aliphatic hydroxyl groups is 2. The summed E-state index contributed by atoms with van der Waals surface area (Å²) in [5.74, 6) is -0.450. The van der Waals surface area contributed by atoms with Crippen LogP contribution in [0, 0.1) is 0 Å². The van der Waals surface area contributed by atoms with Crippen LogP contribution in [0.15, 0.2) is 72.8 Å². The van der Waals surface area contributed by atoms with E-state index in [2.05, 4.69) is 22.3 Å². The quantitative estimate of drug-likeness (QED) is 0.0892. The van der Waals surface area contributed by atoms with Gasteiger partial charge in [-0.05, 0) is 60.0 Å². The second-order valence-electron chi connectivity index (χ2n) is 12.5. The van der Waals surface area contributed by atoms with Crippen molar-refractivity contribution in [3.05, 3.63) is 95.1 Å². The first-order valence-corrected chi connectivity index (χ1v) is 16.7. The predicted octanol–water partition coefficient (Wildman–Crippen LogP) is 4.92. The van der Waals surface area contributed by atoms with E-state index in [4.69, 9.17) is 14.7 Å². The van der Waals surface area contributed by atoms with Gasteiger partial charge in [0.05, 0.1) is 25.4 Å². The summed E-state index contributed by atoms with van der Waals surface area (Å²) in [4.78, 5) is 25.9. The zero-order valence-electron chi connectivity index (χ0n) is 26.9. The molecule has 10 heteroatoms. The second kappa shape index (κ2) is 17.5. The number of likely N-dealkylation sites (tertiary alicyclic amines) is 1. The molecule has 2 amide bonds. The molecular formula is C37H47N3O7. The Kier molecular flexibility index (Phi) is 12.9. The number of hydrogen-bond acceptors (Lipinski definition) is 8. The number of carbonyl (C=O) groups excluding carboxylic acids is 2. The number of unbranched alkanes of at least 4 members (excludes halogenated alkanes) is 2. The van der Waals surface area contributed by atoms with Crippen molar-refractivity contribution in [1.82, 2.24) is 15.7 Å². The zero-order valence-corrected chi connectivity index (χ0v) is 26.9. The van der Waals surface area contributed by atoms with Crippen LogP contribution < -0.4 is 10.8 Å².